The molecule has 1 aromatic rings. The maximum Gasteiger partial charge on any atom is 0.247 e. The molecule has 1 atom stereocenters. The van der Waals surface area contributed by atoms with Crippen molar-refractivity contribution < 1.29 is 9.59 Å². The van der Waals surface area contributed by atoms with Crippen molar-refractivity contribution >= 4 is 17.6 Å². The first-order valence-electron chi connectivity index (χ1n) is 6.24. The number of nitrogens with one attached hydrogen (secondary N) is 2. The Morgan fingerprint density at radius 2 is 1.89 bits per heavy atom. The normalized spacial score (nSPS) is 12.7. The predicted molar refractivity (Wildman–Crippen MR) is 74.7 cm³/mol. The van der Waals surface area contributed by atoms with Crippen LogP contribution in [0.2, 0.25) is 0 Å². The molecule has 0 saturated carbocycles. The van der Waals surface area contributed by atoms with Gasteiger partial charge in [0.2, 0.25) is 11.8 Å². The Bertz CT molecular complexity index is 461. The van der Waals surface area contributed by atoms with E-state index in [0.717, 1.165) is 5.56 Å². The van der Waals surface area contributed by atoms with Crippen LogP contribution in [0, 0.1) is 12.3 Å². The molecule has 2 N–H and O–H groups in total. The molecular formula is C14H21N3O2. The van der Waals surface area contributed by atoms with Crippen molar-refractivity contribution in [2.75, 3.05) is 5.32 Å². The molecular weight excluding hydrogens is 242 g/mol. The van der Waals surface area contributed by atoms with E-state index in [1.807, 2.05) is 13.0 Å². The molecule has 0 aliphatic rings. The van der Waals surface area contributed by atoms with Gasteiger partial charge in [0.05, 0.1) is 0 Å². The number of nitrogens with zero attached hydrogens (tertiary/aromatic N) is 1. The van der Waals surface area contributed by atoms with Crippen LogP contribution in [0.4, 0.5) is 5.82 Å². The highest BCUT2D eigenvalue weighted by molar-refractivity contribution is 5.96. The van der Waals surface area contributed by atoms with Crippen molar-refractivity contribution in [1.82, 2.24) is 10.3 Å². The van der Waals surface area contributed by atoms with Crippen LogP contribution >= 0.6 is 0 Å². The average Bonchev–Trinajstić information content (AvgIpc) is 2.30. The second-order valence-corrected chi connectivity index (χ2v) is 5.66. The summed E-state index contributed by atoms with van der Waals surface area (Å²) < 4.78 is 0. The number of aromatic nitrogens is 1. The summed E-state index contributed by atoms with van der Waals surface area (Å²) >= 11 is 0. The van der Waals surface area contributed by atoms with Gasteiger partial charge in [-0.2, -0.15) is 0 Å². The van der Waals surface area contributed by atoms with Crippen molar-refractivity contribution in [3.63, 3.8) is 0 Å². The van der Waals surface area contributed by atoms with Gasteiger partial charge >= 0.3 is 0 Å². The highest BCUT2D eigenvalue weighted by atomic mass is 16.2. The van der Waals surface area contributed by atoms with Crippen LogP contribution in [-0.2, 0) is 9.59 Å². The van der Waals surface area contributed by atoms with Crippen LogP contribution in [0.25, 0.3) is 0 Å². The van der Waals surface area contributed by atoms with E-state index in [1.54, 1.807) is 40.0 Å². The fourth-order valence-corrected chi connectivity index (χ4v) is 1.25. The lowest BCUT2D eigenvalue weighted by molar-refractivity contribution is -0.131. The molecule has 1 unspecified atom stereocenters. The quantitative estimate of drug-likeness (QED) is 0.874. The van der Waals surface area contributed by atoms with E-state index in [-0.39, 0.29) is 11.8 Å². The van der Waals surface area contributed by atoms with Crippen molar-refractivity contribution in [2.45, 2.75) is 40.7 Å². The molecule has 1 aromatic heterocycles. The van der Waals surface area contributed by atoms with Gasteiger partial charge in [-0.1, -0.05) is 26.8 Å². The Kier molecular flexibility index (Phi) is 4.64. The van der Waals surface area contributed by atoms with Gasteiger partial charge in [-0.25, -0.2) is 4.98 Å². The second-order valence-electron chi connectivity index (χ2n) is 5.66. The summed E-state index contributed by atoms with van der Waals surface area (Å²) in [6, 6.07) is 2.99. The lowest BCUT2D eigenvalue weighted by Crippen LogP contribution is -2.46. The van der Waals surface area contributed by atoms with Crippen molar-refractivity contribution in [3.8, 4) is 0 Å². The van der Waals surface area contributed by atoms with Gasteiger partial charge in [0.15, 0.2) is 0 Å². The van der Waals surface area contributed by atoms with Gasteiger partial charge < -0.3 is 10.6 Å². The minimum Gasteiger partial charge on any atom is -0.344 e. The minimum absolute atomic E-state index is 0.160. The standard InChI is InChI=1S/C14H21N3O2/c1-9-6-7-11(15-8-9)17-12(18)10(2)16-13(19)14(3,4)5/h6-8,10H,1-5H3,(H,16,19)(H,15,17,18). The van der Waals surface area contributed by atoms with Crippen molar-refractivity contribution in [3.05, 3.63) is 23.9 Å². The molecule has 0 aromatic carbocycles. The molecule has 1 rings (SSSR count). The zero-order chi connectivity index (χ0) is 14.6. The Balaban J connectivity index is 2.58. The number of hydrogen-bond donors (Lipinski definition) is 2. The minimum atomic E-state index is -0.602. The van der Waals surface area contributed by atoms with Crippen LogP contribution in [0.3, 0.4) is 0 Å². The van der Waals surface area contributed by atoms with Crippen molar-refractivity contribution in [2.24, 2.45) is 5.41 Å². The largest absolute Gasteiger partial charge is 0.344 e. The Morgan fingerprint density at radius 1 is 1.26 bits per heavy atom. The van der Waals surface area contributed by atoms with Gasteiger partial charge in [0.1, 0.15) is 11.9 Å². The molecule has 104 valence electrons. The third kappa shape index (κ3) is 4.69. The number of amides is 2. The zero-order valence-electron chi connectivity index (χ0n) is 12.1. The van der Waals surface area contributed by atoms with Gasteiger partial charge in [-0.05, 0) is 25.5 Å². The van der Waals surface area contributed by atoms with E-state index in [2.05, 4.69) is 15.6 Å². The first-order valence-corrected chi connectivity index (χ1v) is 6.24. The monoisotopic (exact) mass is 263 g/mol. The average molecular weight is 263 g/mol. The summed E-state index contributed by atoms with van der Waals surface area (Å²) in [5.41, 5.74) is 0.503. The Labute approximate surface area is 113 Å². The van der Waals surface area contributed by atoms with Gasteiger partial charge in [-0.15, -0.1) is 0 Å². The molecule has 0 aliphatic heterocycles. The number of aryl methyl sites for hydroxylation is 1. The van der Waals surface area contributed by atoms with E-state index in [4.69, 9.17) is 0 Å². The Morgan fingerprint density at radius 3 is 2.37 bits per heavy atom. The van der Waals surface area contributed by atoms with E-state index >= 15 is 0 Å². The molecule has 0 aliphatic carbocycles. The van der Waals surface area contributed by atoms with Crippen LogP contribution in [0.5, 0.6) is 0 Å². The fourth-order valence-electron chi connectivity index (χ4n) is 1.25. The molecule has 0 spiro atoms. The van der Waals surface area contributed by atoms with Crippen molar-refractivity contribution in [1.29, 1.82) is 0 Å². The summed E-state index contributed by atoms with van der Waals surface area (Å²) in [6.07, 6.45) is 1.67. The Hall–Kier alpha value is -1.91. The molecule has 0 fully saturated rings. The van der Waals surface area contributed by atoms with Gasteiger partial charge in [0.25, 0.3) is 0 Å². The van der Waals surface area contributed by atoms with E-state index in [9.17, 15) is 9.59 Å². The van der Waals surface area contributed by atoms with E-state index < -0.39 is 11.5 Å². The fraction of sp³-hybridized carbons (Fsp3) is 0.500. The summed E-state index contributed by atoms with van der Waals surface area (Å²) in [6.45, 7) is 8.97. The SMILES string of the molecule is Cc1ccc(NC(=O)C(C)NC(=O)C(C)(C)C)nc1. The molecule has 0 bridgehead atoms. The third-order valence-corrected chi connectivity index (χ3v) is 2.58. The maximum absolute atomic E-state index is 11.9. The maximum atomic E-state index is 11.9. The number of rotatable bonds is 3. The molecule has 2 amide bonds. The van der Waals surface area contributed by atoms with Crippen LogP contribution in [0.1, 0.15) is 33.3 Å². The molecule has 19 heavy (non-hydrogen) atoms. The van der Waals surface area contributed by atoms with E-state index in [0.29, 0.717) is 5.82 Å². The lowest BCUT2D eigenvalue weighted by Gasteiger charge is -2.21. The number of carbonyl (C=O) groups is 2. The zero-order valence-corrected chi connectivity index (χ0v) is 12.1. The highest BCUT2D eigenvalue weighted by Gasteiger charge is 2.25. The van der Waals surface area contributed by atoms with Gasteiger partial charge in [0, 0.05) is 11.6 Å². The summed E-state index contributed by atoms with van der Waals surface area (Å²) in [5.74, 6) is 0.0356. The summed E-state index contributed by atoms with van der Waals surface area (Å²) in [5, 5.41) is 5.33. The first kappa shape index (κ1) is 15.1. The molecule has 0 radical (unpaired) electrons. The van der Waals surface area contributed by atoms with Crippen LogP contribution in [-0.4, -0.2) is 22.8 Å². The predicted octanol–water partition coefficient (Wildman–Crippen LogP) is 1.88. The van der Waals surface area contributed by atoms with Crippen LogP contribution in [0.15, 0.2) is 18.3 Å². The summed E-state index contributed by atoms with van der Waals surface area (Å²) in [7, 11) is 0. The smallest absolute Gasteiger partial charge is 0.247 e. The topological polar surface area (TPSA) is 71.1 Å². The van der Waals surface area contributed by atoms with Gasteiger partial charge in [-0.3, -0.25) is 9.59 Å². The summed E-state index contributed by atoms with van der Waals surface area (Å²) in [4.78, 5) is 27.7. The third-order valence-electron chi connectivity index (χ3n) is 2.58. The molecule has 5 heteroatoms. The van der Waals surface area contributed by atoms with E-state index in [1.165, 1.54) is 0 Å². The highest BCUT2D eigenvalue weighted by Crippen LogP contribution is 2.13. The number of carbonyl (C=O) groups excluding carboxylic acids is 2. The van der Waals surface area contributed by atoms with Crippen LogP contribution < -0.4 is 10.6 Å². The number of pyridine rings is 1. The second kappa shape index (κ2) is 5.82. The molecule has 1 heterocycles. The molecule has 0 saturated heterocycles. The first-order chi connectivity index (χ1) is 8.70. The number of hydrogen-bond acceptors (Lipinski definition) is 3. The number of anilines is 1. The molecule has 5 nitrogen and oxygen atoms in total. The lowest BCUT2D eigenvalue weighted by atomic mass is 9.95.